The van der Waals surface area contributed by atoms with Crippen LogP contribution < -0.4 is 0 Å². The maximum Gasteiger partial charge on any atom is 0.103 e. The monoisotopic (exact) mass is 308 g/mol. The average molecular weight is 309 g/mol. The van der Waals surface area contributed by atoms with Crippen LogP contribution in [-0.4, -0.2) is 9.97 Å². The fraction of sp³-hybridized carbons (Fsp3) is 0.438. The number of rotatable bonds is 2. The van der Waals surface area contributed by atoms with E-state index in [0.29, 0.717) is 21.9 Å². The number of hydrogen-bond donors (Lipinski definition) is 1. The zero-order valence-corrected chi connectivity index (χ0v) is 13.6. The summed E-state index contributed by atoms with van der Waals surface area (Å²) in [6.45, 7) is 8.64. The molecule has 4 heteroatoms. The van der Waals surface area contributed by atoms with Crippen LogP contribution in [0.25, 0.3) is 0 Å². The maximum atomic E-state index is 6.14. The van der Waals surface area contributed by atoms with Gasteiger partial charge < -0.3 is 4.98 Å². The van der Waals surface area contributed by atoms with Crippen LogP contribution in [-0.2, 0) is 0 Å². The molecule has 0 amide bonds. The Bertz CT molecular complexity index is 653. The number of nitrogens with zero attached hydrogens (tertiary/aromatic N) is 1. The van der Waals surface area contributed by atoms with E-state index < -0.39 is 0 Å². The first kappa shape index (κ1) is 14.0. The molecule has 2 atom stereocenters. The molecule has 1 aliphatic rings. The summed E-state index contributed by atoms with van der Waals surface area (Å²) in [7, 11) is 0. The molecule has 1 aromatic carbocycles. The molecule has 1 aliphatic carbocycles. The quantitative estimate of drug-likeness (QED) is 0.807. The molecule has 1 heterocycles. The highest BCUT2D eigenvalue weighted by Crippen LogP contribution is 2.70. The standard InChI is InChI=1S/C16H18Cl2N2/c1-8-15(20-9(2)19-8)14-13(16(14,3)4)10-5-11(17)7-12(18)6-10/h5-7,13-14H,1-4H3,(H,19,20). The summed E-state index contributed by atoms with van der Waals surface area (Å²) < 4.78 is 0. The molecule has 0 spiro atoms. The first-order valence-electron chi connectivity index (χ1n) is 6.80. The van der Waals surface area contributed by atoms with Gasteiger partial charge in [0.25, 0.3) is 0 Å². The molecule has 2 nitrogen and oxygen atoms in total. The lowest BCUT2D eigenvalue weighted by Crippen LogP contribution is -1.92. The van der Waals surface area contributed by atoms with Crippen molar-refractivity contribution in [3.63, 3.8) is 0 Å². The van der Waals surface area contributed by atoms with Crippen LogP contribution in [0, 0.1) is 19.3 Å². The number of nitrogens with one attached hydrogen (secondary N) is 1. The van der Waals surface area contributed by atoms with Gasteiger partial charge in [0, 0.05) is 21.7 Å². The number of H-pyrrole nitrogens is 1. The van der Waals surface area contributed by atoms with Crippen molar-refractivity contribution >= 4 is 23.2 Å². The van der Waals surface area contributed by atoms with Crippen LogP contribution in [0.3, 0.4) is 0 Å². The molecule has 2 unspecified atom stereocenters. The summed E-state index contributed by atoms with van der Waals surface area (Å²) in [6, 6.07) is 5.82. The molecule has 0 radical (unpaired) electrons. The molecular formula is C16H18Cl2N2. The smallest absolute Gasteiger partial charge is 0.103 e. The van der Waals surface area contributed by atoms with E-state index >= 15 is 0 Å². The molecule has 3 rings (SSSR count). The van der Waals surface area contributed by atoms with Crippen LogP contribution in [0.4, 0.5) is 0 Å². The molecule has 1 N–H and O–H groups in total. The Labute approximate surface area is 129 Å². The van der Waals surface area contributed by atoms with E-state index in [1.54, 1.807) is 6.07 Å². The molecule has 1 aromatic heterocycles. The second kappa shape index (κ2) is 4.51. The van der Waals surface area contributed by atoms with Gasteiger partial charge in [0.1, 0.15) is 5.82 Å². The van der Waals surface area contributed by atoms with Gasteiger partial charge in [-0.25, -0.2) is 4.98 Å². The molecule has 0 aliphatic heterocycles. The van der Waals surface area contributed by atoms with Crippen LogP contribution in [0.1, 0.15) is 48.5 Å². The second-order valence-corrected chi connectivity index (χ2v) is 7.18. The van der Waals surface area contributed by atoms with E-state index in [1.165, 1.54) is 11.3 Å². The number of halogens is 2. The first-order valence-corrected chi connectivity index (χ1v) is 7.55. The van der Waals surface area contributed by atoms with Crippen molar-refractivity contribution in [2.24, 2.45) is 5.41 Å². The number of imidazole rings is 1. The molecular weight excluding hydrogens is 291 g/mol. The van der Waals surface area contributed by atoms with Gasteiger partial charge in [0.15, 0.2) is 0 Å². The lowest BCUT2D eigenvalue weighted by Gasteiger charge is -2.04. The molecule has 1 saturated carbocycles. The number of aryl methyl sites for hydroxylation is 2. The van der Waals surface area contributed by atoms with Gasteiger partial charge in [-0.05, 0) is 48.9 Å². The number of aromatic nitrogens is 2. The lowest BCUT2D eigenvalue weighted by molar-refractivity contribution is 0.597. The third-order valence-electron chi connectivity index (χ3n) is 4.41. The zero-order chi connectivity index (χ0) is 14.7. The SMILES string of the molecule is Cc1nc(C2C(c3cc(Cl)cc(Cl)c3)C2(C)C)c(C)[nH]1. The van der Waals surface area contributed by atoms with Crippen molar-refractivity contribution in [2.45, 2.75) is 39.5 Å². The average Bonchev–Trinajstić information content (AvgIpc) is 2.70. The van der Waals surface area contributed by atoms with Gasteiger partial charge in [-0.15, -0.1) is 0 Å². The van der Waals surface area contributed by atoms with E-state index in [-0.39, 0.29) is 5.41 Å². The summed E-state index contributed by atoms with van der Waals surface area (Å²) in [5.41, 5.74) is 3.72. The van der Waals surface area contributed by atoms with Gasteiger partial charge >= 0.3 is 0 Å². The van der Waals surface area contributed by atoms with Gasteiger partial charge in [-0.2, -0.15) is 0 Å². The number of hydrogen-bond acceptors (Lipinski definition) is 1. The van der Waals surface area contributed by atoms with Crippen molar-refractivity contribution in [1.29, 1.82) is 0 Å². The predicted octanol–water partition coefficient (Wildman–Crippen LogP) is 5.24. The number of benzene rings is 1. The van der Waals surface area contributed by atoms with Crippen molar-refractivity contribution in [1.82, 2.24) is 9.97 Å². The van der Waals surface area contributed by atoms with Crippen molar-refractivity contribution in [3.8, 4) is 0 Å². The van der Waals surface area contributed by atoms with Gasteiger partial charge in [-0.1, -0.05) is 37.0 Å². The molecule has 0 bridgehead atoms. The van der Waals surface area contributed by atoms with E-state index in [2.05, 4.69) is 30.7 Å². The minimum atomic E-state index is 0.181. The normalized spacial score (nSPS) is 23.9. The summed E-state index contributed by atoms with van der Waals surface area (Å²) in [6.07, 6.45) is 0. The highest BCUT2D eigenvalue weighted by Gasteiger charge is 2.60. The van der Waals surface area contributed by atoms with E-state index in [4.69, 9.17) is 23.2 Å². The highest BCUT2D eigenvalue weighted by atomic mass is 35.5. The molecule has 1 fully saturated rings. The summed E-state index contributed by atoms with van der Waals surface area (Å²) >= 11 is 12.3. The van der Waals surface area contributed by atoms with Crippen molar-refractivity contribution in [3.05, 3.63) is 51.0 Å². The predicted molar refractivity (Wildman–Crippen MR) is 83.8 cm³/mol. The molecule has 0 saturated heterocycles. The van der Waals surface area contributed by atoms with Crippen LogP contribution >= 0.6 is 23.2 Å². The fourth-order valence-electron chi connectivity index (χ4n) is 3.46. The third kappa shape index (κ3) is 2.15. The lowest BCUT2D eigenvalue weighted by atomic mass is 10.0. The number of aromatic amines is 1. The summed E-state index contributed by atoms with van der Waals surface area (Å²) in [4.78, 5) is 7.97. The Balaban J connectivity index is 2.01. The highest BCUT2D eigenvalue weighted by molar-refractivity contribution is 6.34. The van der Waals surface area contributed by atoms with Crippen molar-refractivity contribution < 1.29 is 0 Å². The zero-order valence-electron chi connectivity index (χ0n) is 12.1. The van der Waals surface area contributed by atoms with Crippen LogP contribution in [0.5, 0.6) is 0 Å². The minimum Gasteiger partial charge on any atom is -0.346 e. The largest absolute Gasteiger partial charge is 0.346 e. The maximum absolute atomic E-state index is 6.14. The molecule has 2 aromatic rings. The van der Waals surface area contributed by atoms with E-state index in [0.717, 1.165) is 11.5 Å². The molecule has 20 heavy (non-hydrogen) atoms. The van der Waals surface area contributed by atoms with Crippen molar-refractivity contribution in [2.75, 3.05) is 0 Å². The second-order valence-electron chi connectivity index (χ2n) is 6.31. The Morgan fingerprint density at radius 1 is 1.05 bits per heavy atom. The Morgan fingerprint density at radius 2 is 1.65 bits per heavy atom. The fourth-order valence-corrected chi connectivity index (χ4v) is 4.00. The van der Waals surface area contributed by atoms with Gasteiger partial charge in [-0.3, -0.25) is 0 Å². The third-order valence-corrected chi connectivity index (χ3v) is 4.84. The van der Waals surface area contributed by atoms with E-state index in [9.17, 15) is 0 Å². The van der Waals surface area contributed by atoms with Gasteiger partial charge in [0.05, 0.1) is 5.69 Å². The topological polar surface area (TPSA) is 28.7 Å². The Hall–Kier alpha value is -0.990. The Kier molecular flexibility index (Phi) is 3.15. The summed E-state index contributed by atoms with van der Waals surface area (Å²) in [5.74, 6) is 1.81. The summed E-state index contributed by atoms with van der Waals surface area (Å²) in [5, 5.41) is 1.40. The first-order chi connectivity index (χ1) is 9.30. The Morgan fingerprint density at radius 3 is 2.15 bits per heavy atom. The minimum absolute atomic E-state index is 0.181. The van der Waals surface area contributed by atoms with E-state index in [1.807, 2.05) is 19.1 Å². The van der Waals surface area contributed by atoms with Gasteiger partial charge in [0.2, 0.25) is 0 Å². The molecule has 106 valence electrons. The van der Waals surface area contributed by atoms with Crippen LogP contribution in [0.15, 0.2) is 18.2 Å². The van der Waals surface area contributed by atoms with Crippen LogP contribution in [0.2, 0.25) is 10.0 Å².